The van der Waals surface area contributed by atoms with Crippen LogP contribution in [0.3, 0.4) is 0 Å². The molecule has 17 heavy (non-hydrogen) atoms. The first-order valence-electron chi connectivity index (χ1n) is 6.52. The van der Waals surface area contributed by atoms with Crippen LogP contribution in [0.15, 0.2) is 12.2 Å². The van der Waals surface area contributed by atoms with Crippen molar-refractivity contribution in [3.05, 3.63) is 12.2 Å². The minimum Gasteiger partial charge on any atom is -0.296 e. The van der Waals surface area contributed by atoms with Gasteiger partial charge in [0.2, 0.25) is 0 Å². The Morgan fingerprint density at radius 2 is 1.88 bits per heavy atom. The summed E-state index contributed by atoms with van der Waals surface area (Å²) in [6, 6.07) is 0.0850. The fourth-order valence-electron chi connectivity index (χ4n) is 3.39. The zero-order valence-corrected chi connectivity index (χ0v) is 12.0. The van der Waals surface area contributed by atoms with Crippen molar-refractivity contribution in [2.75, 3.05) is 13.1 Å². The van der Waals surface area contributed by atoms with E-state index in [9.17, 15) is 8.42 Å². The van der Waals surface area contributed by atoms with Crippen molar-refractivity contribution in [2.45, 2.75) is 50.2 Å². The summed E-state index contributed by atoms with van der Waals surface area (Å²) < 4.78 is 24.2. The maximum atomic E-state index is 12.4. The van der Waals surface area contributed by atoms with Gasteiger partial charge in [-0.15, -0.1) is 0 Å². The van der Waals surface area contributed by atoms with Crippen molar-refractivity contribution >= 4 is 9.84 Å². The summed E-state index contributed by atoms with van der Waals surface area (Å²) in [5.74, 6) is 0.295. The minimum absolute atomic E-state index is 0.0850. The van der Waals surface area contributed by atoms with Gasteiger partial charge in [0.25, 0.3) is 0 Å². The van der Waals surface area contributed by atoms with Crippen LogP contribution in [-0.2, 0) is 9.84 Å². The maximum Gasteiger partial charge on any atom is 0.160 e. The first kappa shape index (κ1) is 13.1. The van der Waals surface area contributed by atoms with E-state index in [4.69, 9.17) is 0 Å². The van der Waals surface area contributed by atoms with Gasteiger partial charge in [-0.3, -0.25) is 4.90 Å². The van der Waals surface area contributed by atoms with Crippen molar-refractivity contribution in [2.24, 2.45) is 5.92 Å². The number of allylic oxidation sites excluding steroid dienone is 1. The van der Waals surface area contributed by atoms with Gasteiger partial charge in [0.05, 0.1) is 10.00 Å². The molecule has 1 saturated heterocycles. The van der Waals surface area contributed by atoms with E-state index in [0.29, 0.717) is 5.92 Å². The predicted molar refractivity (Wildman–Crippen MR) is 70.7 cm³/mol. The Balaban J connectivity index is 2.34. The van der Waals surface area contributed by atoms with Crippen LogP contribution in [0.25, 0.3) is 0 Å². The van der Waals surface area contributed by atoms with Gasteiger partial charge in [0, 0.05) is 6.04 Å². The lowest BCUT2D eigenvalue weighted by atomic mass is 9.79. The van der Waals surface area contributed by atoms with E-state index in [2.05, 4.69) is 30.9 Å². The molecule has 0 spiro atoms. The third kappa shape index (κ3) is 1.60. The van der Waals surface area contributed by atoms with Crippen molar-refractivity contribution in [3.63, 3.8) is 0 Å². The van der Waals surface area contributed by atoms with Crippen LogP contribution < -0.4 is 0 Å². The first-order chi connectivity index (χ1) is 7.87. The second-order valence-corrected chi connectivity index (χ2v) is 8.28. The summed E-state index contributed by atoms with van der Waals surface area (Å²) in [6.07, 6.45) is 5.18. The molecule has 3 atom stereocenters. The summed E-state index contributed by atoms with van der Waals surface area (Å²) in [5, 5.41) is -0.178. The molecule has 2 aliphatic rings. The molecule has 1 fully saturated rings. The number of sulfone groups is 1. The number of likely N-dealkylation sites (N-methyl/N-ethyl adjacent to an activating group) is 1. The fraction of sp³-hybridized carbons (Fsp3) is 0.846. The third-order valence-electron chi connectivity index (χ3n) is 4.68. The van der Waals surface area contributed by atoms with E-state index < -0.39 is 14.6 Å². The summed E-state index contributed by atoms with van der Waals surface area (Å²) in [5.41, 5.74) is 0. The number of rotatable bonds is 3. The number of fused-ring (bicyclic) bond motifs is 1. The Hall–Kier alpha value is -0.350. The Kier molecular flexibility index (Phi) is 3.15. The molecular formula is C13H23NO2S. The van der Waals surface area contributed by atoms with E-state index in [1.807, 2.05) is 13.8 Å². The summed E-state index contributed by atoms with van der Waals surface area (Å²) >= 11 is 0. The van der Waals surface area contributed by atoms with Crippen LogP contribution in [0.4, 0.5) is 0 Å². The highest BCUT2D eigenvalue weighted by atomic mass is 32.2. The molecule has 1 aliphatic carbocycles. The third-order valence-corrected chi connectivity index (χ3v) is 7.77. The topological polar surface area (TPSA) is 37.4 Å². The molecule has 2 rings (SSSR count). The minimum atomic E-state index is -2.97. The zero-order valence-electron chi connectivity index (χ0n) is 11.2. The highest BCUT2D eigenvalue weighted by molar-refractivity contribution is 7.95. The molecule has 0 radical (unpaired) electrons. The molecule has 0 aromatic rings. The largest absolute Gasteiger partial charge is 0.296 e. The van der Waals surface area contributed by atoms with Gasteiger partial charge in [0.15, 0.2) is 9.84 Å². The molecule has 98 valence electrons. The van der Waals surface area contributed by atoms with Gasteiger partial charge < -0.3 is 0 Å². The summed E-state index contributed by atoms with van der Waals surface area (Å²) in [7, 11) is -2.97. The number of nitrogens with zero attached hydrogens (tertiary/aromatic N) is 1. The van der Waals surface area contributed by atoms with Crippen LogP contribution in [0.5, 0.6) is 0 Å². The molecule has 0 unspecified atom stereocenters. The molecule has 0 aromatic carbocycles. The van der Waals surface area contributed by atoms with Crippen molar-refractivity contribution < 1.29 is 8.42 Å². The van der Waals surface area contributed by atoms with E-state index in [1.54, 1.807) is 0 Å². The van der Waals surface area contributed by atoms with Gasteiger partial charge in [0.1, 0.15) is 0 Å². The molecule has 1 aliphatic heterocycles. The van der Waals surface area contributed by atoms with Gasteiger partial charge in [-0.05, 0) is 39.3 Å². The SMILES string of the molecule is CCN(CC)[C@@H]1C=CC[C@H]2[C@@H]1S(=O)(=O)C2(C)C. The molecule has 0 amide bonds. The van der Waals surface area contributed by atoms with Crippen molar-refractivity contribution in [3.8, 4) is 0 Å². The van der Waals surface area contributed by atoms with E-state index in [1.165, 1.54) is 0 Å². The monoisotopic (exact) mass is 257 g/mol. The number of hydrogen-bond donors (Lipinski definition) is 0. The van der Waals surface area contributed by atoms with Crippen molar-refractivity contribution in [1.82, 2.24) is 4.90 Å². The van der Waals surface area contributed by atoms with Crippen molar-refractivity contribution in [1.29, 1.82) is 0 Å². The molecule has 1 heterocycles. The lowest BCUT2D eigenvalue weighted by Gasteiger charge is -2.55. The van der Waals surface area contributed by atoms with E-state index in [0.717, 1.165) is 19.5 Å². The Bertz CT molecular complexity index is 421. The first-order valence-corrected chi connectivity index (χ1v) is 8.06. The maximum absolute atomic E-state index is 12.4. The zero-order chi connectivity index (χ0) is 12.8. The molecule has 0 saturated carbocycles. The molecule has 3 nitrogen and oxygen atoms in total. The highest BCUT2D eigenvalue weighted by Crippen LogP contribution is 2.51. The number of hydrogen-bond acceptors (Lipinski definition) is 3. The Labute approximate surface area is 105 Å². The molecule has 0 aromatic heterocycles. The van der Waals surface area contributed by atoms with E-state index >= 15 is 0 Å². The quantitative estimate of drug-likeness (QED) is 0.724. The normalized spacial score (nSPS) is 37.6. The van der Waals surface area contributed by atoms with Gasteiger partial charge in [-0.25, -0.2) is 8.42 Å². The second-order valence-electron chi connectivity index (χ2n) is 5.60. The molecule has 4 heteroatoms. The van der Waals surface area contributed by atoms with Gasteiger partial charge in [-0.1, -0.05) is 26.0 Å². The molecule has 0 N–H and O–H groups in total. The van der Waals surface area contributed by atoms with Crippen LogP contribution in [0.2, 0.25) is 0 Å². The van der Waals surface area contributed by atoms with E-state index in [-0.39, 0.29) is 11.3 Å². The summed E-state index contributed by atoms with van der Waals surface area (Å²) in [6.45, 7) is 9.76. The smallest absolute Gasteiger partial charge is 0.160 e. The molecular weight excluding hydrogens is 234 g/mol. The Morgan fingerprint density at radius 3 is 2.41 bits per heavy atom. The standard InChI is InChI=1S/C13H23NO2S/c1-5-14(6-2)11-9-7-8-10-12(11)17(15,16)13(10,3)4/h7,9-12H,5-6,8H2,1-4H3/t10-,11+,12-/m0/s1. The summed E-state index contributed by atoms with van der Waals surface area (Å²) in [4.78, 5) is 2.25. The second kappa shape index (κ2) is 4.09. The average Bonchev–Trinajstić information content (AvgIpc) is 2.30. The van der Waals surface area contributed by atoms with Crippen LogP contribution in [0, 0.1) is 5.92 Å². The lowest BCUT2D eigenvalue weighted by molar-refractivity contribution is 0.176. The lowest BCUT2D eigenvalue weighted by Crippen LogP contribution is -2.69. The van der Waals surface area contributed by atoms with Gasteiger partial charge >= 0.3 is 0 Å². The molecule has 0 bridgehead atoms. The predicted octanol–water partition coefficient (Wildman–Crippen LogP) is 1.85. The van der Waals surface area contributed by atoms with Crippen LogP contribution in [-0.4, -0.2) is 42.4 Å². The average molecular weight is 257 g/mol. The Morgan fingerprint density at radius 1 is 1.29 bits per heavy atom. The van der Waals surface area contributed by atoms with Gasteiger partial charge in [-0.2, -0.15) is 0 Å². The fourth-order valence-corrected chi connectivity index (χ4v) is 6.04. The highest BCUT2D eigenvalue weighted by Gasteiger charge is 2.64. The van der Waals surface area contributed by atoms with Crippen LogP contribution >= 0.6 is 0 Å². The van der Waals surface area contributed by atoms with Crippen LogP contribution in [0.1, 0.15) is 34.1 Å².